The van der Waals surface area contributed by atoms with E-state index in [-0.39, 0.29) is 23.7 Å². The lowest BCUT2D eigenvalue weighted by Gasteiger charge is -2.07. The molecule has 2 aromatic rings. The van der Waals surface area contributed by atoms with E-state index < -0.39 is 10.8 Å². The number of carbonyl (C=O) groups excluding carboxylic acids is 2. The van der Waals surface area contributed by atoms with E-state index in [4.69, 9.17) is 0 Å². The Hall–Kier alpha value is -3.16. The summed E-state index contributed by atoms with van der Waals surface area (Å²) in [6, 6.07) is 5.95. The molecule has 2 N–H and O–H groups in total. The zero-order valence-corrected chi connectivity index (χ0v) is 13.4. The van der Waals surface area contributed by atoms with Crippen molar-refractivity contribution in [2.24, 2.45) is 7.05 Å². The number of nitrogens with one attached hydrogen (secondary N) is 2. The van der Waals surface area contributed by atoms with Gasteiger partial charge in [-0.3, -0.25) is 19.7 Å². The van der Waals surface area contributed by atoms with Crippen LogP contribution in [0.2, 0.25) is 0 Å². The minimum Gasteiger partial charge on any atom is -0.357 e. The molecule has 0 saturated carbocycles. The SMILES string of the molecule is Cc1cc(C(=O)NCC(=O)NCc2ccn(C)c2)ccc1[N+](=O)[O-]. The quantitative estimate of drug-likeness (QED) is 0.615. The molecule has 0 aliphatic rings. The molecule has 1 aromatic carbocycles. The summed E-state index contributed by atoms with van der Waals surface area (Å²) in [4.78, 5) is 34.0. The van der Waals surface area contributed by atoms with Gasteiger partial charge in [0, 0.05) is 43.2 Å². The van der Waals surface area contributed by atoms with Gasteiger partial charge in [0.15, 0.2) is 0 Å². The van der Waals surface area contributed by atoms with Crippen molar-refractivity contribution in [1.29, 1.82) is 0 Å². The summed E-state index contributed by atoms with van der Waals surface area (Å²) < 4.78 is 1.88. The maximum Gasteiger partial charge on any atom is 0.272 e. The molecule has 1 aromatic heterocycles. The van der Waals surface area contributed by atoms with Crippen LogP contribution in [0.15, 0.2) is 36.7 Å². The second-order valence-electron chi connectivity index (χ2n) is 5.40. The Morgan fingerprint density at radius 2 is 2.00 bits per heavy atom. The Balaban J connectivity index is 1.85. The third-order valence-electron chi connectivity index (χ3n) is 3.45. The van der Waals surface area contributed by atoms with Crippen LogP contribution < -0.4 is 10.6 Å². The highest BCUT2D eigenvalue weighted by Gasteiger charge is 2.14. The van der Waals surface area contributed by atoms with Gasteiger partial charge in [-0.25, -0.2) is 0 Å². The molecular formula is C16H18N4O4. The number of nitro groups is 1. The van der Waals surface area contributed by atoms with E-state index in [1.807, 2.05) is 30.1 Å². The zero-order chi connectivity index (χ0) is 17.7. The van der Waals surface area contributed by atoms with E-state index in [9.17, 15) is 19.7 Å². The van der Waals surface area contributed by atoms with Crippen molar-refractivity contribution in [3.05, 3.63) is 63.5 Å². The van der Waals surface area contributed by atoms with Gasteiger partial charge < -0.3 is 15.2 Å². The maximum atomic E-state index is 12.0. The molecule has 0 spiro atoms. The Morgan fingerprint density at radius 1 is 1.25 bits per heavy atom. The summed E-state index contributed by atoms with van der Waals surface area (Å²) in [5, 5.41) is 15.9. The molecule has 0 unspecified atom stereocenters. The molecule has 24 heavy (non-hydrogen) atoms. The summed E-state index contributed by atoms with van der Waals surface area (Å²) >= 11 is 0. The summed E-state index contributed by atoms with van der Waals surface area (Å²) in [5.74, 6) is -0.770. The van der Waals surface area contributed by atoms with Crippen molar-refractivity contribution in [3.8, 4) is 0 Å². The van der Waals surface area contributed by atoms with Gasteiger partial charge in [0.2, 0.25) is 5.91 Å². The molecular weight excluding hydrogens is 312 g/mol. The minimum absolute atomic E-state index is 0.0489. The first-order chi connectivity index (χ1) is 11.4. The van der Waals surface area contributed by atoms with Crippen LogP contribution in [0.1, 0.15) is 21.5 Å². The van der Waals surface area contributed by atoms with E-state index in [1.165, 1.54) is 18.2 Å². The Morgan fingerprint density at radius 3 is 2.58 bits per heavy atom. The van der Waals surface area contributed by atoms with Crippen molar-refractivity contribution < 1.29 is 14.5 Å². The monoisotopic (exact) mass is 330 g/mol. The van der Waals surface area contributed by atoms with Crippen LogP contribution in [0.25, 0.3) is 0 Å². The van der Waals surface area contributed by atoms with Gasteiger partial charge in [0.1, 0.15) is 0 Å². The lowest BCUT2D eigenvalue weighted by molar-refractivity contribution is -0.385. The smallest absolute Gasteiger partial charge is 0.272 e. The number of hydrogen-bond acceptors (Lipinski definition) is 4. The summed E-state index contributed by atoms with van der Waals surface area (Å²) in [7, 11) is 1.89. The van der Waals surface area contributed by atoms with Crippen molar-refractivity contribution in [2.75, 3.05) is 6.54 Å². The molecule has 0 aliphatic carbocycles. The minimum atomic E-state index is -0.506. The maximum absolute atomic E-state index is 12.0. The van der Waals surface area contributed by atoms with E-state index >= 15 is 0 Å². The van der Waals surface area contributed by atoms with Gasteiger partial charge >= 0.3 is 0 Å². The number of nitrogens with zero attached hydrogens (tertiary/aromatic N) is 2. The average Bonchev–Trinajstić information content (AvgIpc) is 2.95. The van der Waals surface area contributed by atoms with Crippen LogP contribution in [0.4, 0.5) is 5.69 Å². The molecule has 0 saturated heterocycles. The number of benzene rings is 1. The first-order valence-corrected chi connectivity index (χ1v) is 7.27. The highest BCUT2D eigenvalue weighted by molar-refractivity contribution is 5.96. The first-order valence-electron chi connectivity index (χ1n) is 7.27. The number of amides is 2. The molecule has 0 atom stereocenters. The van der Waals surface area contributed by atoms with Crippen LogP contribution >= 0.6 is 0 Å². The fourth-order valence-electron chi connectivity index (χ4n) is 2.19. The van der Waals surface area contributed by atoms with Crippen molar-refractivity contribution in [1.82, 2.24) is 15.2 Å². The first kappa shape index (κ1) is 17.2. The Kier molecular flexibility index (Phi) is 5.31. The van der Waals surface area contributed by atoms with Gasteiger partial charge in [-0.1, -0.05) is 0 Å². The van der Waals surface area contributed by atoms with Crippen molar-refractivity contribution in [3.63, 3.8) is 0 Å². The number of rotatable bonds is 6. The van der Waals surface area contributed by atoms with Crippen LogP contribution in [-0.4, -0.2) is 27.8 Å². The highest BCUT2D eigenvalue weighted by atomic mass is 16.6. The Bertz CT molecular complexity index is 782. The molecule has 0 radical (unpaired) electrons. The summed E-state index contributed by atoms with van der Waals surface area (Å²) in [6.07, 6.45) is 3.76. The molecule has 2 amide bonds. The van der Waals surface area contributed by atoms with E-state index in [0.29, 0.717) is 12.1 Å². The fraction of sp³-hybridized carbons (Fsp3) is 0.250. The summed E-state index contributed by atoms with van der Waals surface area (Å²) in [6.45, 7) is 1.77. The standard InChI is InChI=1S/C16H18N4O4/c1-11-7-13(3-4-14(11)20(23)24)16(22)18-9-15(21)17-8-12-5-6-19(2)10-12/h3-7,10H,8-9H2,1-2H3,(H,17,21)(H,18,22). The number of nitro benzene ring substituents is 1. The van der Waals surface area contributed by atoms with E-state index in [1.54, 1.807) is 6.92 Å². The molecule has 126 valence electrons. The number of aromatic nitrogens is 1. The largest absolute Gasteiger partial charge is 0.357 e. The molecule has 1 heterocycles. The van der Waals surface area contributed by atoms with Gasteiger partial charge in [0.05, 0.1) is 11.5 Å². The fourth-order valence-corrected chi connectivity index (χ4v) is 2.19. The molecule has 2 rings (SSSR count). The number of carbonyl (C=O) groups is 2. The zero-order valence-electron chi connectivity index (χ0n) is 13.4. The van der Waals surface area contributed by atoms with Gasteiger partial charge in [-0.2, -0.15) is 0 Å². The predicted octanol–water partition coefficient (Wildman–Crippen LogP) is 1.29. The van der Waals surface area contributed by atoms with Crippen molar-refractivity contribution >= 4 is 17.5 Å². The van der Waals surface area contributed by atoms with Crippen molar-refractivity contribution in [2.45, 2.75) is 13.5 Å². The predicted molar refractivity (Wildman–Crippen MR) is 87.4 cm³/mol. The highest BCUT2D eigenvalue weighted by Crippen LogP contribution is 2.18. The topological polar surface area (TPSA) is 106 Å². The van der Waals surface area contributed by atoms with Gasteiger partial charge in [-0.05, 0) is 30.7 Å². The van der Waals surface area contributed by atoms with E-state index in [0.717, 1.165) is 5.56 Å². The van der Waals surface area contributed by atoms with Crippen LogP contribution in [-0.2, 0) is 18.4 Å². The molecule has 0 bridgehead atoms. The van der Waals surface area contributed by atoms with E-state index in [2.05, 4.69) is 10.6 Å². The molecule has 8 heteroatoms. The number of hydrogen-bond donors (Lipinski definition) is 2. The van der Waals surface area contributed by atoms with Crippen LogP contribution in [0.3, 0.4) is 0 Å². The van der Waals surface area contributed by atoms with Gasteiger partial charge in [0.25, 0.3) is 11.6 Å². The Labute approximate surface area is 138 Å². The average molecular weight is 330 g/mol. The molecule has 0 aliphatic heterocycles. The second kappa shape index (κ2) is 7.40. The third kappa shape index (κ3) is 4.42. The van der Waals surface area contributed by atoms with Crippen LogP contribution in [0, 0.1) is 17.0 Å². The summed E-state index contributed by atoms with van der Waals surface area (Å²) in [5.41, 5.74) is 1.57. The van der Waals surface area contributed by atoms with Gasteiger partial charge in [-0.15, -0.1) is 0 Å². The number of aryl methyl sites for hydroxylation is 2. The molecule has 0 fully saturated rings. The third-order valence-corrected chi connectivity index (χ3v) is 3.45. The molecule has 8 nitrogen and oxygen atoms in total. The lowest BCUT2D eigenvalue weighted by Crippen LogP contribution is -2.36. The van der Waals surface area contributed by atoms with Crippen LogP contribution in [0.5, 0.6) is 0 Å². The second-order valence-corrected chi connectivity index (χ2v) is 5.40. The lowest BCUT2D eigenvalue weighted by atomic mass is 10.1. The normalized spacial score (nSPS) is 10.2.